The fraction of sp³-hybridized carbons (Fsp3) is 0.133. The van der Waals surface area contributed by atoms with Crippen LogP contribution >= 0.6 is 11.3 Å². The normalized spacial score (nSPS) is 11.7. The van der Waals surface area contributed by atoms with Crippen LogP contribution in [0.15, 0.2) is 48.9 Å². The maximum atomic E-state index is 12.0. The molecule has 0 saturated heterocycles. The minimum Gasteiger partial charge on any atom is -0.331 e. The third-order valence-corrected chi connectivity index (χ3v) is 3.94. The molecule has 116 valence electrons. The number of urea groups is 1. The number of amides is 2. The Balaban J connectivity index is 1.61. The Labute approximate surface area is 136 Å². The van der Waals surface area contributed by atoms with Crippen molar-refractivity contribution in [2.75, 3.05) is 5.32 Å². The largest absolute Gasteiger partial charge is 0.331 e. The summed E-state index contributed by atoms with van der Waals surface area (Å²) < 4.78 is 0. The van der Waals surface area contributed by atoms with Gasteiger partial charge in [0.2, 0.25) is 5.13 Å². The van der Waals surface area contributed by atoms with Gasteiger partial charge in [-0.05, 0) is 36.8 Å². The molecular formula is C15H14N6OS. The molecular weight excluding hydrogens is 312 g/mol. The Morgan fingerprint density at radius 2 is 1.96 bits per heavy atom. The molecule has 0 radical (unpaired) electrons. The molecule has 2 N–H and O–H groups in total. The summed E-state index contributed by atoms with van der Waals surface area (Å²) in [5.41, 5.74) is 1.70. The highest BCUT2D eigenvalue weighted by molar-refractivity contribution is 7.18. The molecule has 8 heteroatoms. The van der Waals surface area contributed by atoms with Crippen molar-refractivity contribution in [2.24, 2.45) is 0 Å². The molecule has 0 aliphatic rings. The molecule has 0 aliphatic heterocycles. The van der Waals surface area contributed by atoms with E-state index in [1.165, 1.54) is 11.3 Å². The molecule has 2 amide bonds. The molecule has 3 rings (SSSR count). The van der Waals surface area contributed by atoms with Gasteiger partial charge in [-0.25, -0.2) is 4.79 Å². The predicted molar refractivity (Wildman–Crippen MR) is 87.9 cm³/mol. The van der Waals surface area contributed by atoms with Gasteiger partial charge in [-0.3, -0.25) is 15.3 Å². The standard InChI is InChI=1S/C15H14N6OS/c1-10(11-5-8-16-9-6-11)18-14(22)19-15-21-20-13(23-15)12-4-2-3-7-17-12/h2-10H,1H3,(H2,18,19,21,22)/t10-/m1/s1. The lowest BCUT2D eigenvalue weighted by Gasteiger charge is -2.13. The van der Waals surface area contributed by atoms with E-state index in [-0.39, 0.29) is 12.1 Å². The Bertz CT molecular complexity index is 777. The van der Waals surface area contributed by atoms with Crippen LogP contribution in [-0.4, -0.2) is 26.2 Å². The smallest absolute Gasteiger partial charge is 0.321 e. The first kappa shape index (κ1) is 15.0. The van der Waals surface area contributed by atoms with Crippen LogP contribution in [0, 0.1) is 0 Å². The van der Waals surface area contributed by atoms with Gasteiger partial charge in [0.15, 0.2) is 5.01 Å². The molecule has 0 saturated carbocycles. The second kappa shape index (κ2) is 6.93. The van der Waals surface area contributed by atoms with Gasteiger partial charge in [0.05, 0.1) is 6.04 Å². The van der Waals surface area contributed by atoms with Crippen LogP contribution in [-0.2, 0) is 0 Å². The summed E-state index contributed by atoms with van der Waals surface area (Å²) in [6, 6.07) is 8.79. The number of carbonyl (C=O) groups excluding carboxylic acids is 1. The average molecular weight is 326 g/mol. The van der Waals surface area contributed by atoms with Crippen LogP contribution in [0.2, 0.25) is 0 Å². The molecule has 0 spiro atoms. The van der Waals surface area contributed by atoms with Crippen molar-refractivity contribution in [3.8, 4) is 10.7 Å². The molecule has 0 unspecified atom stereocenters. The molecule has 0 bridgehead atoms. The molecule has 0 aromatic carbocycles. The van der Waals surface area contributed by atoms with Crippen molar-refractivity contribution in [3.63, 3.8) is 0 Å². The Kier molecular flexibility index (Phi) is 4.53. The van der Waals surface area contributed by atoms with E-state index in [0.29, 0.717) is 10.1 Å². The van der Waals surface area contributed by atoms with Gasteiger partial charge in [-0.1, -0.05) is 17.4 Å². The van der Waals surface area contributed by atoms with Gasteiger partial charge in [0, 0.05) is 18.6 Å². The highest BCUT2D eigenvalue weighted by atomic mass is 32.1. The van der Waals surface area contributed by atoms with Gasteiger partial charge in [0.1, 0.15) is 5.69 Å². The van der Waals surface area contributed by atoms with Crippen LogP contribution in [0.1, 0.15) is 18.5 Å². The van der Waals surface area contributed by atoms with E-state index in [4.69, 9.17) is 0 Å². The van der Waals surface area contributed by atoms with Gasteiger partial charge in [-0.2, -0.15) is 0 Å². The van der Waals surface area contributed by atoms with Crippen molar-refractivity contribution in [3.05, 3.63) is 54.5 Å². The number of hydrogen-bond donors (Lipinski definition) is 2. The minimum absolute atomic E-state index is 0.138. The summed E-state index contributed by atoms with van der Waals surface area (Å²) in [7, 11) is 0. The molecule has 3 aromatic rings. The highest BCUT2D eigenvalue weighted by Crippen LogP contribution is 2.24. The number of rotatable bonds is 4. The topological polar surface area (TPSA) is 92.7 Å². The van der Waals surface area contributed by atoms with Gasteiger partial charge >= 0.3 is 6.03 Å². The lowest BCUT2D eigenvalue weighted by Crippen LogP contribution is -2.31. The van der Waals surface area contributed by atoms with Crippen molar-refractivity contribution in [1.82, 2.24) is 25.5 Å². The Morgan fingerprint density at radius 3 is 2.70 bits per heavy atom. The maximum Gasteiger partial charge on any atom is 0.321 e. The highest BCUT2D eigenvalue weighted by Gasteiger charge is 2.12. The van der Waals surface area contributed by atoms with E-state index < -0.39 is 0 Å². The van der Waals surface area contributed by atoms with Gasteiger partial charge in [0.25, 0.3) is 0 Å². The summed E-state index contributed by atoms with van der Waals surface area (Å²) in [6.45, 7) is 1.90. The van der Waals surface area contributed by atoms with E-state index in [1.807, 2.05) is 37.3 Å². The van der Waals surface area contributed by atoms with E-state index in [9.17, 15) is 4.79 Å². The summed E-state index contributed by atoms with van der Waals surface area (Å²) in [6.07, 6.45) is 5.07. The number of aromatic nitrogens is 4. The van der Waals surface area contributed by atoms with Crippen LogP contribution in [0.25, 0.3) is 10.7 Å². The molecule has 0 aliphatic carbocycles. The summed E-state index contributed by atoms with van der Waals surface area (Å²) in [5, 5.41) is 14.6. The van der Waals surface area contributed by atoms with Gasteiger partial charge in [-0.15, -0.1) is 10.2 Å². The number of carbonyl (C=O) groups is 1. The van der Waals surface area contributed by atoms with Crippen LogP contribution in [0.5, 0.6) is 0 Å². The first-order chi connectivity index (χ1) is 11.2. The Hall–Kier alpha value is -2.87. The number of anilines is 1. The lowest BCUT2D eigenvalue weighted by atomic mass is 10.1. The first-order valence-corrected chi connectivity index (χ1v) is 7.76. The van der Waals surface area contributed by atoms with Crippen molar-refractivity contribution < 1.29 is 4.79 Å². The first-order valence-electron chi connectivity index (χ1n) is 6.95. The second-order valence-electron chi connectivity index (χ2n) is 4.73. The molecule has 0 fully saturated rings. The number of nitrogens with zero attached hydrogens (tertiary/aromatic N) is 4. The molecule has 23 heavy (non-hydrogen) atoms. The van der Waals surface area contributed by atoms with Crippen molar-refractivity contribution in [1.29, 1.82) is 0 Å². The maximum absolute atomic E-state index is 12.0. The summed E-state index contributed by atoms with van der Waals surface area (Å²) in [4.78, 5) is 20.2. The summed E-state index contributed by atoms with van der Waals surface area (Å²) >= 11 is 1.27. The minimum atomic E-state index is -0.335. The van der Waals surface area contributed by atoms with Crippen LogP contribution in [0.3, 0.4) is 0 Å². The molecule has 3 heterocycles. The zero-order valence-electron chi connectivity index (χ0n) is 12.3. The van der Waals surface area contributed by atoms with E-state index in [1.54, 1.807) is 18.6 Å². The second-order valence-corrected chi connectivity index (χ2v) is 5.71. The van der Waals surface area contributed by atoms with E-state index in [0.717, 1.165) is 11.3 Å². The Morgan fingerprint density at radius 1 is 1.13 bits per heavy atom. The third-order valence-electron chi connectivity index (χ3n) is 3.08. The third kappa shape index (κ3) is 3.86. The fourth-order valence-corrected chi connectivity index (χ4v) is 2.65. The quantitative estimate of drug-likeness (QED) is 0.769. The molecule has 3 aromatic heterocycles. The summed E-state index contributed by atoms with van der Waals surface area (Å²) in [5.74, 6) is 0. The van der Waals surface area contributed by atoms with Crippen LogP contribution < -0.4 is 10.6 Å². The number of pyridine rings is 2. The molecule has 7 nitrogen and oxygen atoms in total. The number of hydrogen-bond acceptors (Lipinski definition) is 6. The lowest BCUT2D eigenvalue weighted by molar-refractivity contribution is 0.249. The van der Waals surface area contributed by atoms with Crippen molar-refractivity contribution in [2.45, 2.75) is 13.0 Å². The zero-order valence-corrected chi connectivity index (χ0v) is 13.1. The van der Waals surface area contributed by atoms with E-state index in [2.05, 4.69) is 30.8 Å². The van der Waals surface area contributed by atoms with Crippen molar-refractivity contribution >= 4 is 22.5 Å². The monoisotopic (exact) mass is 326 g/mol. The fourth-order valence-electron chi connectivity index (χ4n) is 1.93. The van der Waals surface area contributed by atoms with E-state index >= 15 is 0 Å². The average Bonchev–Trinajstić information content (AvgIpc) is 3.04. The van der Waals surface area contributed by atoms with Gasteiger partial charge < -0.3 is 5.32 Å². The molecule has 1 atom stereocenters. The number of nitrogens with one attached hydrogen (secondary N) is 2. The van der Waals surface area contributed by atoms with Crippen LogP contribution in [0.4, 0.5) is 9.93 Å². The zero-order chi connectivity index (χ0) is 16.1. The predicted octanol–water partition coefficient (Wildman–Crippen LogP) is 2.88. The SMILES string of the molecule is C[C@@H](NC(=O)Nc1nnc(-c2ccccn2)s1)c1ccncc1.